The van der Waals surface area contributed by atoms with Crippen LogP contribution >= 0.6 is 0 Å². The summed E-state index contributed by atoms with van der Waals surface area (Å²) in [5, 5.41) is 0. The van der Waals surface area contributed by atoms with Gasteiger partial charge in [-0.1, -0.05) is 12.2 Å². The van der Waals surface area contributed by atoms with Crippen molar-refractivity contribution in [2.24, 2.45) is 0 Å². The van der Waals surface area contributed by atoms with Gasteiger partial charge >= 0.3 is 0 Å². The van der Waals surface area contributed by atoms with Gasteiger partial charge in [-0.25, -0.2) is 0 Å². The van der Waals surface area contributed by atoms with E-state index >= 15 is 0 Å². The Hall–Kier alpha value is -1.24. The highest BCUT2D eigenvalue weighted by Gasteiger charge is 2.12. The van der Waals surface area contributed by atoms with Gasteiger partial charge in [0.05, 0.1) is 6.26 Å². The van der Waals surface area contributed by atoms with E-state index in [0.29, 0.717) is 0 Å². The Morgan fingerprint density at radius 3 is 2.58 bits per heavy atom. The Morgan fingerprint density at radius 2 is 2.08 bits per heavy atom. The fraction of sp³-hybridized carbons (Fsp3) is 0.273. The molecule has 0 saturated heterocycles. The Balaban J connectivity index is 2.44. The van der Waals surface area contributed by atoms with Crippen LogP contribution in [0.1, 0.15) is 24.7 Å². The van der Waals surface area contributed by atoms with Crippen LogP contribution in [0.4, 0.5) is 0 Å². The molecule has 0 bridgehead atoms. The van der Waals surface area contributed by atoms with E-state index in [4.69, 9.17) is 4.42 Å². The van der Waals surface area contributed by atoms with Gasteiger partial charge in [-0.3, -0.25) is 0 Å². The molecule has 0 aromatic carbocycles. The molecule has 0 aliphatic heterocycles. The average molecular weight is 160 g/mol. The van der Waals surface area contributed by atoms with E-state index in [2.05, 4.69) is 26.0 Å². The van der Waals surface area contributed by atoms with Crippen LogP contribution in [-0.2, 0) is 0 Å². The summed E-state index contributed by atoms with van der Waals surface area (Å²) in [4.78, 5) is 0. The lowest BCUT2D eigenvalue weighted by atomic mass is 10.1. The maximum Gasteiger partial charge on any atom is 0.136 e. The van der Waals surface area contributed by atoms with Crippen LogP contribution < -0.4 is 0 Å². The maximum atomic E-state index is 5.41. The van der Waals surface area contributed by atoms with E-state index in [-0.39, 0.29) is 0 Å². The molecule has 0 fully saturated rings. The Labute approximate surface area is 72.4 Å². The van der Waals surface area contributed by atoms with Gasteiger partial charge in [-0.05, 0) is 37.5 Å². The highest BCUT2D eigenvalue weighted by molar-refractivity contribution is 5.79. The average Bonchev–Trinajstić information content (AvgIpc) is 2.59. The Bertz CT molecular complexity index is 353. The molecule has 1 nitrogen and oxygen atoms in total. The quantitative estimate of drug-likeness (QED) is 0.614. The summed E-state index contributed by atoms with van der Waals surface area (Å²) in [7, 11) is 0. The van der Waals surface area contributed by atoms with Crippen molar-refractivity contribution in [3.63, 3.8) is 0 Å². The van der Waals surface area contributed by atoms with Crippen LogP contribution in [0.3, 0.4) is 0 Å². The number of hydrogen-bond acceptors (Lipinski definition) is 1. The molecule has 1 heterocycles. The largest absolute Gasteiger partial charge is 0.464 e. The summed E-state index contributed by atoms with van der Waals surface area (Å²) in [5.41, 5.74) is 3.81. The van der Waals surface area contributed by atoms with Crippen LogP contribution in [-0.4, -0.2) is 0 Å². The summed E-state index contributed by atoms with van der Waals surface area (Å²) in [5.74, 6) is 1.03. The molecular formula is C11H12O. The van der Waals surface area contributed by atoms with Gasteiger partial charge < -0.3 is 4.42 Å². The molecule has 1 aliphatic carbocycles. The van der Waals surface area contributed by atoms with Gasteiger partial charge in [0.2, 0.25) is 0 Å². The van der Waals surface area contributed by atoms with Crippen molar-refractivity contribution in [1.82, 2.24) is 0 Å². The minimum atomic E-state index is 1.03. The molecule has 0 N–H and O–H groups in total. The standard InChI is InChI=1S/C11H12O/c1-8-4-3-5-10(8)11-9(2)6-7-12-11/h4-7H,3H2,1-2H3. The molecule has 12 heavy (non-hydrogen) atoms. The molecule has 0 saturated carbocycles. The van der Waals surface area contributed by atoms with Gasteiger partial charge in [-0.2, -0.15) is 0 Å². The zero-order chi connectivity index (χ0) is 8.55. The van der Waals surface area contributed by atoms with E-state index in [1.807, 2.05) is 6.07 Å². The first-order chi connectivity index (χ1) is 5.79. The first-order valence-electron chi connectivity index (χ1n) is 4.21. The third-order valence-corrected chi connectivity index (χ3v) is 2.28. The molecule has 0 unspecified atom stereocenters. The van der Waals surface area contributed by atoms with E-state index in [1.165, 1.54) is 16.7 Å². The summed E-state index contributed by atoms with van der Waals surface area (Å²) < 4.78 is 5.41. The predicted molar refractivity (Wildman–Crippen MR) is 49.8 cm³/mol. The molecule has 62 valence electrons. The number of hydrogen-bond donors (Lipinski definition) is 0. The second-order valence-corrected chi connectivity index (χ2v) is 3.17. The number of rotatable bonds is 1. The minimum absolute atomic E-state index is 1.03. The molecule has 0 atom stereocenters. The normalized spacial score (nSPS) is 16.2. The molecule has 0 radical (unpaired) electrons. The monoisotopic (exact) mass is 160 g/mol. The van der Waals surface area contributed by atoms with Crippen LogP contribution in [0.15, 0.2) is 34.5 Å². The summed E-state index contributed by atoms with van der Waals surface area (Å²) in [6.45, 7) is 4.20. The number of allylic oxidation sites excluding steroid dienone is 4. The van der Waals surface area contributed by atoms with Gasteiger partial charge in [0.15, 0.2) is 0 Å². The lowest BCUT2D eigenvalue weighted by Gasteiger charge is -2.00. The van der Waals surface area contributed by atoms with Crippen molar-refractivity contribution < 1.29 is 4.42 Å². The molecule has 1 aromatic rings. The molecule has 1 heteroatoms. The van der Waals surface area contributed by atoms with Crippen molar-refractivity contribution in [3.05, 3.63) is 41.4 Å². The maximum absolute atomic E-state index is 5.41. The first-order valence-corrected chi connectivity index (χ1v) is 4.21. The zero-order valence-electron chi connectivity index (χ0n) is 7.42. The number of aryl methyl sites for hydroxylation is 1. The third kappa shape index (κ3) is 1.02. The predicted octanol–water partition coefficient (Wildman–Crippen LogP) is 3.32. The van der Waals surface area contributed by atoms with Crippen molar-refractivity contribution in [1.29, 1.82) is 0 Å². The molecule has 2 rings (SSSR count). The van der Waals surface area contributed by atoms with Crippen molar-refractivity contribution in [2.75, 3.05) is 0 Å². The fourth-order valence-electron chi connectivity index (χ4n) is 1.54. The molecular weight excluding hydrogens is 148 g/mol. The lowest BCUT2D eigenvalue weighted by molar-refractivity contribution is 0.551. The van der Waals surface area contributed by atoms with E-state index in [0.717, 1.165) is 12.2 Å². The van der Waals surface area contributed by atoms with Crippen LogP contribution in [0.25, 0.3) is 5.57 Å². The second kappa shape index (κ2) is 2.67. The van der Waals surface area contributed by atoms with Gasteiger partial charge in [0.25, 0.3) is 0 Å². The van der Waals surface area contributed by atoms with Gasteiger partial charge in [-0.15, -0.1) is 0 Å². The van der Waals surface area contributed by atoms with Crippen molar-refractivity contribution >= 4 is 5.57 Å². The lowest BCUT2D eigenvalue weighted by Crippen LogP contribution is -1.82. The summed E-state index contributed by atoms with van der Waals surface area (Å²) in [6, 6.07) is 2.00. The van der Waals surface area contributed by atoms with E-state index in [1.54, 1.807) is 6.26 Å². The SMILES string of the molecule is CC1=CCC=C1c1occc1C. The summed E-state index contributed by atoms with van der Waals surface area (Å²) in [6.07, 6.45) is 7.22. The first kappa shape index (κ1) is 7.41. The van der Waals surface area contributed by atoms with Crippen LogP contribution in [0.2, 0.25) is 0 Å². The van der Waals surface area contributed by atoms with E-state index < -0.39 is 0 Å². The fourth-order valence-corrected chi connectivity index (χ4v) is 1.54. The third-order valence-electron chi connectivity index (χ3n) is 2.28. The molecule has 1 aromatic heterocycles. The van der Waals surface area contributed by atoms with Gasteiger partial charge in [0.1, 0.15) is 5.76 Å². The Morgan fingerprint density at radius 1 is 1.25 bits per heavy atom. The van der Waals surface area contributed by atoms with Crippen LogP contribution in [0, 0.1) is 6.92 Å². The molecule has 1 aliphatic rings. The Kier molecular flexibility index (Phi) is 1.65. The van der Waals surface area contributed by atoms with Gasteiger partial charge in [0, 0.05) is 5.57 Å². The minimum Gasteiger partial charge on any atom is -0.464 e. The van der Waals surface area contributed by atoms with Crippen LogP contribution in [0.5, 0.6) is 0 Å². The zero-order valence-corrected chi connectivity index (χ0v) is 7.42. The highest BCUT2D eigenvalue weighted by Crippen LogP contribution is 2.30. The smallest absolute Gasteiger partial charge is 0.136 e. The van der Waals surface area contributed by atoms with Crippen molar-refractivity contribution in [3.8, 4) is 0 Å². The highest BCUT2D eigenvalue weighted by atomic mass is 16.3. The second-order valence-electron chi connectivity index (χ2n) is 3.17. The topological polar surface area (TPSA) is 13.1 Å². The molecule has 0 spiro atoms. The van der Waals surface area contributed by atoms with Crippen molar-refractivity contribution in [2.45, 2.75) is 20.3 Å². The van der Waals surface area contributed by atoms with E-state index in [9.17, 15) is 0 Å². The number of furan rings is 1. The molecule has 0 amide bonds. The summed E-state index contributed by atoms with van der Waals surface area (Å²) >= 11 is 0.